The molecule has 0 fully saturated rings. The van der Waals surface area contributed by atoms with Gasteiger partial charge in [-0.15, -0.1) is 0 Å². The molecule has 0 spiro atoms. The van der Waals surface area contributed by atoms with E-state index in [1.54, 1.807) is 6.20 Å². The van der Waals surface area contributed by atoms with Gasteiger partial charge in [-0.2, -0.15) is 0 Å². The molecule has 1 aromatic carbocycles. The molecule has 0 aliphatic carbocycles. The lowest BCUT2D eigenvalue weighted by atomic mass is 10.1. The Morgan fingerprint density at radius 3 is 2.75 bits per heavy atom. The van der Waals surface area contributed by atoms with Crippen molar-refractivity contribution in [3.05, 3.63) is 47.2 Å². The van der Waals surface area contributed by atoms with Crippen LogP contribution in [-0.4, -0.2) is 10.9 Å². The van der Waals surface area contributed by atoms with E-state index in [0.29, 0.717) is 24.1 Å². The van der Waals surface area contributed by atoms with Crippen molar-refractivity contribution >= 4 is 11.6 Å². The Balaban J connectivity index is 2.16. The maximum Gasteiger partial charge on any atom is 0.251 e. The summed E-state index contributed by atoms with van der Waals surface area (Å²) in [7, 11) is 0. The second-order valence-corrected chi connectivity index (χ2v) is 4.10. The third-order valence-corrected chi connectivity index (χ3v) is 2.70. The Labute approximate surface area is 113 Å². The third-order valence-electron chi connectivity index (χ3n) is 2.70. The van der Waals surface area contributed by atoms with Gasteiger partial charge in [0.2, 0.25) is 5.89 Å². The van der Waals surface area contributed by atoms with Crippen LogP contribution in [0.2, 0.25) is 0 Å². The van der Waals surface area contributed by atoms with Gasteiger partial charge in [-0.25, -0.2) is 13.8 Å². The van der Waals surface area contributed by atoms with Gasteiger partial charge in [0.05, 0.1) is 24.0 Å². The maximum atomic E-state index is 13.6. The number of nitrogens with zero attached hydrogens (tertiary/aromatic N) is 1. The molecule has 5 nitrogen and oxygen atoms in total. The van der Waals surface area contributed by atoms with Crippen LogP contribution in [0.25, 0.3) is 0 Å². The van der Waals surface area contributed by atoms with Crippen LogP contribution >= 0.6 is 0 Å². The minimum atomic E-state index is -0.995. The number of nitrogens with one attached hydrogen (secondary N) is 1. The van der Waals surface area contributed by atoms with E-state index in [1.807, 2.05) is 6.92 Å². The molecule has 106 valence electrons. The molecule has 0 saturated carbocycles. The first-order chi connectivity index (χ1) is 9.51. The largest absolute Gasteiger partial charge is 0.444 e. The van der Waals surface area contributed by atoms with Crippen LogP contribution in [-0.2, 0) is 13.0 Å². The summed E-state index contributed by atoms with van der Waals surface area (Å²) in [5, 5.41) is 2.68. The fraction of sp³-hybridized carbons (Fsp3) is 0.231. The van der Waals surface area contributed by atoms with E-state index in [-0.39, 0.29) is 17.8 Å². The summed E-state index contributed by atoms with van der Waals surface area (Å²) < 4.78 is 32.2. The predicted octanol–water partition coefficient (Wildman–Crippen LogP) is 2.23. The molecule has 20 heavy (non-hydrogen) atoms. The SMILES string of the molecule is CCc1cnc(CNc2cc(C(N)=O)c(F)cc2F)o1. The van der Waals surface area contributed by atoms with Crippen LogP contribution in [0.4, 0.5) is 14.5 Å². The van der Waals surface area contributed by atoms with E-state index >= 15 is 0 Å². The molecule has 0 radical (unpaired) electrons. The lowest BCUT2D eigenvalue weighted by molar-refractivity contribution is 0.0996. The third kappa shape index (κ3) is 2.93. The zero-order valence-corrected chi connectivity index (χ0v) is 10.7. The molecule has 0 saturated heterocycles. The van der Waals surface area contributed by atoms with Crippen molar-refractivity contribution in [2.45, 2.75) is 19.9 Å². The minimum Gasteiger partial charge on any atom is -0.444 e. The van der Waals surface area contributed by atoms with Gasteiger partial charge in [0.1, 0.15) is 17.4 Å². The van der Waals surface area contributed by atoms with E-state index in [9.17, 15) is 13.6 Å². The summed E-state index contributed by atoms with van der Waals surface area (Å²) in [5.41, 5.74) is 4.58. The summed E-state index contributed by atoms with van der Waals surface area (Å²) in [5.74, 6) is -1.71. The number of halogens is 2. The number of carbonyl (C=O) groups excluding carboxylic acids is 1. The smallest absolute Gasteiger partial charge is 0.251 e. The highest BCUT2D eigenvalue weighted by molar-refractivity contribution is 5.94. The average molecular weight is 281 g/mol. The minimum absolute atomic E-state index is 0.0450. The predicted molar refractivity (Wildman–Crippen MR) is 68.1 cm³/mol. The Hall–Kier alpha value is -2.44. The summed E-state index contributed by atoms with van der Waals surface area (Å²) in [6, 6.07) is 1.63. The first-order valence-corrected chi connectivity index (χ1v) is 5.97. The molecule has 1 heterocycles. The van der Waals surface area contributed by atoms with Gasteiger partial charge in [-0.05, 0) is 6.07 Å². The van der Waals surface area contributed by atoms with E-state index in [1.165, 1.54) is 0 Å². The van der Waals surface area contributed by atoms with E-state index in [4.69, 9.17) is 10.2 Å². The number of hydrogen-bond acceptors (Lipinski definition) is 4. The highest BCUT2D eigenvalue weighted by Crippen LogP contribution is 2.20. The molecule has 0 aliphatic rings. The Bertz CT molecular complexity index is 641. The number of benzene rings is 1. The van der Waals surface area contributed by atoms with Crippen LogP contribution in [0.5, 0.6) is 0 Å². The fourth-order valence-electron chi connectivity index (χ4n) is 1.64. The number of aryl methyl sites for hydroxylation is 1. The summed E-state index contributed by atoms with van der Waals surface area (Å²) >= 11 is 0. The van der Waals surface area contributed by atoms with Crippen molar-refractivity contribution in [2.75, 3.05) is 5.32 Å². The summed E-state index contributed by atoms with van der Waals surface area (Å²) in [6.07, 6.45) is 2.27. The normalized spacial score (nSPS) is 10.6. The second kappa shape index (κ2) is 5.68. The Morgan fingerprint density at radius 2 is 2.15 bits per heavy atom. The molecule has 0 aliphatic heterocycles. The molecule has 2 aromatic rings. The lowest BCUT2D eigenvalue weighted by Crippen LogP contribution is -2.14. The van der Waals surface area contributed by atoms with Gasteiger partial charge in [0.15, 0.2) is 0 Å². The van der Waals surface area contributed by atoms with Crippen LogP contribution < -0.4 is 11.1 Å². The molecule has 1 amide bonds. The van der Waals surface area contributed by atoms with Gasteiger partial charge < -0.3 is 15.5 Å². The standard InChI is InChI=1S/C13H13F2N3O2/c1-2-7-5-18-12(20-7)6-17-11-3-8(13(16)19)9(14)4-10(11)15/h3-5,17H,2,6H2,1H3,(H2,16,19). The van der Waals surface area contributed by atoms with Crippen molar-refractivity contribution in [3.63, 3.8) is 0 Å². The molecule has 2 rings (SSSR count). The van der Waals surface area contributed by atoms with E-state index in [2.05, 4.69) is 10.3 Å². The number of hydrogen-bond donors (Lipinski definition) is 2. The monoisotopic (exact) mass is 281 g/mol. The second-order valence-electron chi connectivity index (χ2n) is 4.10. The maximum absolute atomic E-state index is 13.6. The topological polar surface area (TPSA) is 81.1 Å². The number of anilines is 1. The molecule has 0 atom stereocenters. The first kappa shape index (κ1) is 14.0. The average Bonchev–Trinajstić information content (AvgIpc) is 2.85. The first-order valence-electron chi connectivity index (χ1n) is 5.97. The van der Waals surface area contributed by atoms with E-state index in [0.717, 1.165) is 6.07 Å². The van der Waals surface area contributed by atoms with Crippen molar-refractivity contribution in [2.24, 2.45) is 5.73 Å². The quantitative estimate of drug-likeness (QED) is 0.880. The van der Waals surface area contributed by atoms with Crippen LogP contribution in [0.15, 0.2) is 22.7 Å². The van der Waals surface area contributed by atoms with Crippen LogP contribution in [0.3, 0.4) is 0 Å². The molecule has 7 heteroatoms. The van der Waals surface area contributed by atoms with Crippen molar-refractivity contribution in [1.29, 1.82) is 0 Å². The molecule has 1 aromatic heterocycles. The molecular weight excluding hydrogens is 268 g/mol. The summed E-state index contributed by atoms with van der Waals surface area (Å²) in [6.45, 7) is 2.03. The number of amides is 1. The van der Waals surface area contributed by atoms with Crippen LogP contribution in [0.1, 0.15) is 28.9 Å². The number of aromatic nitrogens is 1. The van der Waals surface area contributed by atoms with Gasteiger partial charge in [-0.1, -0.05) is 6.92 Å². The van der Waals surface area contributed by atoms with Gasteiger partial charge >= 0.3 is 0 Å². The highest BCUT2D eigenvalue weighted by atomic mass is 19.1. The van der Waals surface area contributed by atoms with Gasteiger partial charge in [-0.3, -0.25) is 4.79 Å². The zero-order chi connectivity index (χ0) is 14.7. The van der Waals surface area contributed by atoms with Gasteiger partial charge in [0.25, 0.3) is 5.91 Å². The molecule has 3 N–H and O–H groups in total. The fourth-order valence-corrected chi connectivity index (χ4v) is 1.64. The van der Waals surface area contributed by atoms with Crippen molar-refractivity contribution < 1.29 is 18.0 Å². The number of nitrogens with two attached hydrogens (primary N) is 1. The number of primary amides is 1. The molecule has 0 bridgehead atoms. The van der Waals surface area contributed by atoms with Gasteiger partial charge in [0, 0.05) is 12.5 Å². The number of carbonyl (C=O) groups is 1. The van der Waals surface area contributed by atoms with Crippen molar-refractivity contribution in [1.82, 2.24) is 4.98 Å². The number of rotatable bonds is 5. The van der Waals surface area contributed by atoms with Crippen molar-refractivity contribution in [3.8, 4) is 0 Å². The highest BCUT2D eigenvalue weighted by Gasteiger charge is 2.14. The zero-order valence-electron chi connectivity index (χ0n) is 10.7. The number of oxazole rings is 1. The molecular formula is C13H13F2N3O2. The Kier molecular flexibility index (Phi) is 3.97. The van der Waals surface area contributed by atoms with Crippen LogP contribution in [0, 0.1) is 11.6 Å². The molecule has 0 unspecified atom stereocenters. The Morgan fingerprint density at radius 1 is 1.40 bits per heavy atom. The van der Waals surface area contributed by atoms with E-state index < -0.39 is 17.5 Å². The lowest BCUT2D eigenvalue weighted by Gasteiger charge is -2.07. The summed E-state index contributed by atoms with van der Waals surface area (Å²) in [4.78, 5) is 15.0.